The summed E-state index contributed by atoms with van der Waals surface area (Å²) in [5.74, 6) is 3.09. The molecule has 0 amide bonds. The van der Waals surface area contributed by atoms with Crippen molar-refractivity contribution >= 4 is 23.5 Å². The van der Waals surface area contributed by atoms with E-state index in [2.05, 4.69) is 15.3 Å². The number of esters is 1. The Labute approximate surface area is 111 Å². The Morgan fingerprint density at radius 2 is 2.44 bits per heavy atom. The SMILES string of the molecule is COC(=O)c1cnc(C)nc1NC1CCCSC1. The molecule has 0 spiro atoms. The van der Waals surface area contributed by atoms with E-state index in [9.17, 15) is 4.79 Å². The molecule has 1 fully saturated rings. The first-order valence-electron chi connectivity index (χ1n) is 5.97. The molecule has 18 heavy (non-hydrogen) atoms. The molecular formula is C12H17N3O2S. The molecule has 0 aromatic carbocycles. The van der Waals surface area contributed by atoms with Gasteiger partial charge in [-0.1, -0.05) is 0 Å². The smallest absolute Gasteiger partial charge is 0.343 e. The third kappa shape index (κ3) is 3.13. The van der Waals surface area contributed by atoms with E-state index in [1.807, 2.05) is 18.7 Å². The van der Waals surface area contributed by atoms with Crippen LogP contribution in [0.3, 0.4) is 0 Å². The Kier molecular flexibility index (Phi) is 4.41. The number of anilines is 1. The number of carbonyl (C=O) groups is 1. The standard InChI is InChI=1S/C12H17N3O2S/c1-8-13-6-10(12(16)17-2)11(14-8)15-9-4-3-5-18-7-9/h6,9H,3-5,7H2,1-2H3,(H,13,14,15). The van der Waals surface area contributed by atoms with Crippen molar-refractivity contribution in [3.05, 3.63) is 17.6 Å². The average Bonchev–Trinajstić information content (AvgIpc) is 2.39. The van der Waals surface area contributed by atoms with Crippen molar-refractivity contribution in [3.8, 4) is 0 Å². The molecule has 1 unspecified atom stereocenters. The molecule has 1 aliphatic rings. The number of aryl methyl sites for hydroxylation is 1. The lowest BCUT2D eigenvalue weighted by molar-refractivity contribution is 0.0601. The Hall–Kier alpha value is -1.30. The van der Waals surface area contributed by atoms with Gasteiger partial charge >= 0.3 is 5.97 Å². The van der Waals surface area contributed by atoms with Crippen molar-refractivity contribution in [2.24, 2.45) is 0 Å². The highest BCUT2D eigenvalue weighted by atomic mass is 32.2. The summed E-state index contributed by atoms with van der Waals surface area (Å²) in [6.07, 6.45) is 3.82. The third-order valence-corrected chi connectivity index (χ3v) is 4.03. The summed E-state index contributed by atoms with van der Waals surface area (Å²) < 4.78 is 4.74. The predicted molar refractivity (Wildman–Crippen MR) is 72.1 cm³/mol. The summed E-state index contributed by atoms with van der Waals surface area (Å²) in [6.45, 7) is 1.81. The summed E-state index contributed by atoms with van der Waals surface area (Å²) in [4.78, 5) is 20.0. The van der Waals surface area contributed by atoms with Gasteiger partial charge in [0, 0.05) is 18.0 Å². The number of methoxy groups -OCH3 is 1. The van der Waals surface area contributed by atoms with Crippen LogP contribution in [0.5, 0.6) is 0 Å². The largest absolute Gasteiger partial charge is 0.465 e. The Balaban J connectivity index is 2.18. The highest BCUT2D eigenvalue weighted by molar-refractivity contribution is 7.99. The van der Waals surface area contributed by atoms with E-state index in [4.69, 9.17) is 4.74 Å². The molecule has 0 saturated carbocycles. The monoisotopic (exact) mass is 267 g/mol. The van der Waals surface area contributed by atoms with Gasteiger partial charge in [0.1, 0.15) is 17.2 Å². The van der Waals surface area contributed by atoms with E-state index in [0.29, 0.717) is 23.2 Å². The van der Waals surface area contributed by atoms with Crippen molar-refractivity contribution in [2.45, 2.75) is 25.8 Å². The minimum atomic E-state index is -0.402. The van der Waals surface area contributed by atoms with Crippen molar-refractivity contribution in [1.29, 1.82) is 0 Å². The van der Waals surface area contributed by atoms with E-state index < -0.39 is 5.97 Å². The van der Waals surface area contributed by atoms with Gasteiger partial charge in [0.25, 0.3) is 0 Å². The molecule has 6 heteroatoms. The maximum atomic E-state index is 11.6. The maximum Gasteiger partial charge on any atom is 0.343 e. The van der Waals surface area contributed by atoms with Crippen molar-refractivity contribution in [1.82, 2.24) is 9.97 Å². The second-order valence-electron chi connectivity index (χ2n) is 4.23. The van der Waals surface area contributed by atoms with Crippen LogP contribution in [0.15, 0.2) is 6.20 Å². The van der Waals surface area contributed by atoms with Crippen LogP contribution in [0, 0.1) is 6.92 Å². The third-order valence-electron chi connectivity index (χ3n) is 2.82. The lowest BCUT2D eigenvalue weighted by Crippen LogP contribution is -2.27. The van der Waals surface area contributed by atoms with Gasteiger partial charge in [-0.2, -0.15) is 11.8 Å². The summed E-state index contributed by atoms with van der Waals surface area (Å²) in [6, 6.07) is 0.362. The molecule has 0 radical (unpaired) electrons. The fraction of sp³-hybridized carbons (Fsp3) is 0.583. The number of nitrogens with one attached hydrogen (secondary N) is 1. The maximum absolute atomic E-state index is 11.6. The highest BCUT2D eigenvalue weighted by Gasteiger charge is 2.19. The highest BCUT2D eigenvalue weighted by Crippen LogP contribution is 2.22. The number of nitrogens with zero attached hydrogens (tertiary/aromatic N) is 2. The second-order valence-corrected chi connectivity index (χ2v) is 5.38. The quantitative estimate of drug-likeness (QED) is 0.844. The minimum absolute atomic E-state index is 0.362. The van der Waals surface area contributed by atoms with Gasteiger partial charge in [-0.05, 0) is 25.5 Å². The topological polar surface area (TPSA) is 64.1 Å². The van der Waals surface area contributed by atoms with Crippen molar-refractivity contribution in [3.63, 3.8) is 0 Å². The number of hydrogen-bond donors (Lipinski definition) is 1. The summed E-state index contributed by atoms with van der Waals surface area (Å²) in [5, 5.41) is 3.33. The second kappa shape index (κ2) is 6.04. The molecule has 2 rings (SSSR count). The summed E-state index contributed by atoms with van der Waals surface area (Å²) >= 11 is 1.92. The minimum Gasteiger partial charge on any atom is -0.465 e. The Morgan fingerprint density at radius 1 is 1.61 bits per heavy atom. The van der Waals surface area contributed by atoms with E-state index >= 15 is 0 Å². The zero-order chi connectivity index (χ0) is 13.0. The van der Waals surface area contributed by atoms with Gasteiger partial charge in [-0.15, -0.1) is 0 Å². The first-order chi connectivity index (χ1) is 8.70. The molecule has 1 atom stereocenters. The van der Waals surface area contributed by atoms with Crippen molar-refractivity contribution in [2.75, 3.05) is 23.9 Å². The number of aromatic nitrogens is 2. The van der Waals surface area contributed by atoms with Gasteiger partial charge in [0.15, 0.2) is 0 Å². The van der Waals surface area contributed by atoms with Gasteiger partial charge in [-0.25, -0.2) is 14.8 Å². The fourth-order valence-electron chi connectivity index (χ4n) is 1.89. The molecule has 98 valence electrons. The molecule has 1 aliphatic heterocycles. The van der Waals surface area contributed by atoms with Crippen LogP contribution < -0.4 is 5.32 Å². The molecule has 1 saturated heterocycles. The van der Waals surface area contributed by atoms with Crippen LogP contribution in [0.25, 0.3) is 0 Å². The lowest BCUT2D eigenvalue weighted by Gasteiger charge is -2.23. The number of carbonyl (C=O) groups excluding carboxylic acids is 1. The van der Waals surface area contributed by atoms with E-state index in [1.165, 1.54) is 25.5 Å². The van der Waals surface area contributed by atoms with Gasteiger partial charge in [0.05, 0.1) is 7.11 Å². The average molecular weight is 267 g/mol. The van der Waals surface area contributed by atoms with Crippen LogP contribution in [-0.2, 0) is 4.74 Å². The first-order valence-corrected chi connectivity index (χ1v) is 7.12. The normalized spacial score (nSPS) is 19.3. The van der Waals surface area contributed by atoms with Crippen LogP contribution in [0.1, 0.15) is 29.0 Å². The Morgan fingerprint density at radius 3 is 3.11 bits per heavy atom. The van der Waals surface area contributed by atoms with Crippen LogP contribution >= 0.6 is 11.8 Å². The van der Waals surface area contributed by atoms with E-state index in [0.717, 1.165) is 12.2 Å². The fourth-order valence-corrected chi connectivity index (χ4v) is 2.96. The number of thioether (sulfide) groups is 1. The van der Waals surface area contributed by atoms with Gasteiger partial charge in [-0.3, -0.25) is 0 Å². The van der Waals surface area contributed by atoms with Crippen LogP contribution in [0.4, 0.5) is 5.82 Å². The predicted octanol–water partition coefficient (Wildman–Crippen LogP) is 1.88. The van der Waals surface area contributed by atoms with Gasteiger partial charge in [0.2, 0.25) is 0 Å². The Bertz CT molecular complexity index is 433. The number of ether oxygens (including phenoxy) is 1. The van der Waals surface area contributed by atoms with Crippen molar-refractivity contribution < 1.29 is 9.53 Å². The van der Waals surface area contributed by atoms with Crippen LogP contribution in [0.2, 0.25) is 0 Å². The van der Waals surface area contributed by atoms with Crippen LogP contribution in [-0.4, -0.2) is 40.6 Å². The first kappa shape index (κ1) is 13.1. The molecule has 0 aliphatic carbocycles. The summed E-state index contributed by atoms with van der Waals surface area (Å²) in [5.41, 5.74) is 0.402. The van der Waals surface area contributed by atoms with Gasteiger partial charge < -0.3 is 10.1 Å². The molecule has 1 aromatic heterocycles. The lowest BCUT2D eigenvalue weighted by atomic mass is 10.2. The molecule has 2 heterocycles. The molecular weight excluding hydrogens is 250 g/mol. The molecule has 0 bridgehead atoms. The molecule has 1 N–H and O–H groups in total. The number of rotatable bonds is 3. The molecule has 5 nitrogen and oxygen atoms in total. The zero-order valence-corrected chi connectivity index (χ0v) is 11.4. The van der Waals surface area contributed by atoms with E-state index in [1.54, 1.807) is 0 Å². The zero-order valence-electron chi connectivity index (χ0n) is 10.6. The molecule has 1 aromatic rings. The van der Waals surface area contributed by atoms with E-state index in [-0.39, 0.29) is 0 Å². The number of hydrogen-bond acceptors (Lipinski definition) is 6. The summed E-state index contributed by atoms with van der Waals surface area (Å²) in [7, 11) is 1.36.